The second-order valence-electron chi connectivity index (χ2n) is 3.75. The molecule has 9 heteroatoms. The second-order valence-corrected chi connectivity index (χ2v) is 3.75. The fourth-order valence-corrected chi connectivity index (χ4v) is 1.24. The van der Waals surface area contributed by atoms with Gasteiger partial charge in [0.05, 0.1) is 5.56 Å². The van der Waals surface area contributed by atoms with Gasteiger partial charge in [-0.3, -0.25) is 10.1 Å². The van der Waals surface area contributed by atoms with Crippen molar-refractivity contribution in [3.63, 3.8) is 0 Å². The molecule has 1 aromatic carbocycles. The monoisotopic (exact) mass is 287 g/mol. The van der Waals surface area contributed by atoms with Gasteiger partial charge in [0.2, 0.25) is 0 Å². The highest BCUT2D eigenvalue weighted by atomic mass is 19.2. The van der Waals surface area contributed by atoms with Gasteiger partial charge in [0, 0.05) is 11.8 Å². The highest BCUT2D eigenvalue weighted by Gasteiger charge is 2.22. The number of benzene rings is 1. The normalized spacial score (nSPS) is 11.6. The van der Waals surface area contributed by atoms with Gasteiger partial charge in [-0.2, -0.15) is 0 Å². The summed E-state index contributed by atoms with van der Waals surface area (Å²) >= 11 is 0. The van der Waals surface area contributed by atoms with E-state index in [0.717, 1.165) is 6.92 Å². The first-order valence-corrected chi connectivity index (χ1v) is 5.28. The summed E-state index contributed by atoms with van der Waals surface area (Å²) in [5.74, 6) is -4.63. The number of amides is 3. The third-order valence-electron chi connectivity index (χ3n) is 2.21. The van der Waals surface area contributed by atoms with Gasteiger partial charge < -0.3 is 16.2 Å². The van der Waals surface area contributed by atoms with Crippen LogP contribution in [0, 0.1) is 11.6 Å². The van der Waals surface area contributed by atoms with E-state index in [4.69, 9.17) is 11.5 Å². The van der Waals surface area contributed by atoms with Gasteiger partial charge in [0.1, 0.15) is 0 Å². The zero-order valence-electron chi connectivity index (χ0n) is 10.3. The first-order chi connectivity index (χ1) is 9.22. The number of rotatable bonds is 3. The third-order valence-corrected chi connectivity index (χ3v) is 2.21. The van der Waals surface area contributed by atoms with Crippen LogP contribution < -0.4 is 16.8 Å². The Kier molecular flexibility index (Phi) is 4.57. The van der Waals surface area contributed by atoms with Gasteiger partial charge in [0.15, 0.2) is 17.7 Å². The number of carbonyl (C=O) groups is 3. The maximum atomic E-state index is 13.0. The Bertz CT molecular complexity index is 577. The molecule has 0 aliphatic rings. The number of anilines is 1. The van der Waals surface area contributed by atoms with Gasteiger partial charge in [0.25, 0.3) is 5.91 Å². The van der Waals surface area contributed by atoms with E-state index >= 15 is 0 Å². The van der Waals surface area contributed by atoms with Crippen LogP contribution in [-0.4, -0.2) is 24.0 Å². The van der Waals surface area contributed by atoms with Crippen LogP contribution in [-0.2, 0) is 9.53 Å². The van der Waals surface area contributed by atoms with Crippen LogP contribution in [0.25, 0.3) is 0 Å². The van der Waals surface area contributed by atoms with Crippen molar-refractivity contribution in [2.75, 3.05) is 5.73 Å². The third kappa shape index (κ3) is 3.64. The molecule has 0 bridgehead atoms. The molecule has 0 aromatic heterocycles. The maximum absolute atomic E-state index is 13.0. The van der Waals surface area contributed by atoms with Crippen molar-refractivity contribution in [3.05, 3.63) is 29.3 Å². The Labute approximate surface area is 111 Å². The number of carbonyl (C=O) groups excluding carboxylic acids is 3. The van der Waals surface area contributed by atoms with Crippen LogP contribution in [0.4, 0.5) is 19.3 Å². The lowest BCUT2D eigenvalue weighted by atomic mass is 10.1. The number of halogens is 2. The Morgan fingerprint density at radius 3 is 2.35 bits per heavy atom. The molecule has 0 aliphatic carbocycles. The van der Waals surface area contributed by atoms with Crippen molar-refractivity contribution < 1.29 is 27.9 Å². The van der Waals surface area contributed by atoms with Gasteiger partial charge >= 0.3 is 12.0 Å². The van der Waals surface area contributed by atoms with E-state index in [2.05, 4.69) is 4.74 Å². The van der Waals surface area contributed by atoms with Gasteiger partial charge in [-0.25, -0.2) is 18.4 Å². The molecule has 0 radical (unpaired) electrons. The number of nitrogen functional groups attached to an aromatic ring is 1. The standard InChI is InChI=1S/C11H11F2N3O4/c1-4(9(17)16-11(15)19)20-10(18)5-2-6(12)7(13)3-8(5)14/h2-4H,14H2,1H3,(H3,15,16,17,19). The van der Waals surface area contributed by atoms with Crippen LogP contribution in [0.5, 0.6) is 0 Å². The van der Waals surface area contributed by atoms with E-state index in [1.165, 1.54) is 0 Å². The lowest BCUT2D eigenvalue weighted by Crippen LogP contribution is -2.42. The summed E-state index contributed by atoms with van der Waals surface area (Å²) in [6, 6.07) is 0.0384. The smallest absolute Gasteiger partial charge is 0.341 e. The molecule has 1 unspecified atom stereocenters. The molecule has 3 amide bonds. The van der Waals surface area contributed by atoms with E-state index < -0.39 is 41.2 Å². The lowest BCUT2D eigenvalue weighted by Gasteiger charge is -2.13. The number of nitrogens with two attached hydrogens (primary N) is 2. The number of hydrogen-bond acceptors (Lipinski definition) is 5. The Balaban J connectivity index is 2.84. The molecule has 0 saturated heterocycles. The molecule has 20 heavy (non-hydrogen) atoms. The van der Waals surface area contributed by atoms with Crippen molar-refractivity contribution in [3.8, 4) is 0 Å². The first-order valence-electron chi connectivity index (χ1n) is 5.28. The van der Waals surface area contributed by atoms with E-state index in [1.54, 1.807) is 5.32 Å². The van der Waals surface area contributed by atoms with Crippen molar-refractivity contribution in [2.24, 2.45) is 5.73 Å². The van der Waals surface area contributed by atoms with Crippen LogP contribution in [0.3, 0.4) is 0 Å². The summed E-state index contributed by atoms with van der Waals surface area (Å²) < 4.78 is 30.5. The number of imide groups is 1. The fraction of sp³-hybridized carbons (Fsp3) is 0.182. The molecule has 0 spiro atoms. The van der Waals surface area contributed by atoms with Crippen molar-refractivity contribution in [1.82, 2.24) is 5.32 Å². The van der Waals surface area contributed by atoms with Gasteiger partial charge in [-0.15, -0.1) is 0 Å². The van der Waals surface area contributed by atoms with Crippen LogP contribution in [0.1, 0.15) is 17.3 Å². The van der Waals surface area contributed by atoms with Crippen LogP contribution in [0.15, 0.2) is 12.1 Å². The number of nitrogens with one attached hydrogen (secondary N) is 1. The summed E-state index contributed by atoms with van der Waals surface area (Å²) in [4.78, 5) is 33.4. The van der Waals surface area contributed by atoms with Crippen molar-refractivity contribution in [1.29, 1.82) is 0 Å². The highest BCUT2D eigenvalue weighted by Crippen LogP contribution is 2.18. The number of primary amides is 1. The fourth-order valence-electron chi connectivity index (χ4n) is 1.24. The van der Waals surface area contributed by atoms with Crippen molar-refractivity contribution in [2.45, 2.75) is 13.0 Å². The molecule has 5 N–H and O–H groups in total. The molecule has 1 aromatic rings. The average molecular weight is 287 g/mol. The molecule has 0 heterocycles. The minimum absolute atomic E-state index is 0.351. The SMILES string of the molecule is CC(OC(=O)c1cc(F)c(F)cc1N)C(=O)NC(N)=O. The Morgan fingerprint density at radius 2 is 1.80 bits per heavy atom. The largest absolute Gasteiger partial charge is 0.449 e. The van der Waals surface area contributed by atoms with E-state index in [9.17, 15) is 23.2 Å². The molecular weight excluding hydrogens is 276 g/mol. The molecule has 0 saturated carbocycles. The predicted octanol–water partition coefficient (Wildman–Crippen LogP) is 0.287. The highest BCUT2D eigenvalue weighted by molar-refractivity contribution is 5.99. The lowest BCUT2D eigenvalue weighted by molar-refractivity contribution is -0.127. The number of hydrogen-bond donors (Lipinski definition) is 3. The van der Waals surface area contributed by atoms with Gasteiger partial charge in [-0.05, 0) is 13.0 Å². The van der Waals surface area contributed by atoms with E-state index in [0.29, 0.717) is 12.1 Å². The molecular formula is C11H11F2N3O4. The Morgan fingerprint density at radius 1 is 1.25 bits per heavy atom. The summed E-state index contributed by atoms with van der Waals surface area (Å²) in [5.41, 5.74) is 9.26. The maximum Gasteiger partial charge on any atom is 0.341 e. The summed E-state index contributed by atoms with van der Waals surface area (Å²) in [7, 11) is 0. The number of urea groups is 1. The van der Waals surface area contributed by atoms with Crippen LogP contribution >= 0.6 is 0 Å². The molecule has 0 fully saturated rings. The number of ether oxygens (including phenoxy) is 1. The number of esters is 1. The van der Waals surface area contributed by atoms with Crippen LogP contribution in [0.2, 0.25) is 0 Å². The summed E-state index contributed by atoms with van der Waals surface area (Å²) in [6.07, 6.45) is -1.37. The minimum atomic E-state index is -1.37. The zero-order chi connectivity index (χ0) is 15.4. The molecule has 1 atom stereocenters. The van der Waals surface area contributed by atoms with Crippen molar-refractivity contribution >= 4 is 23.6 Å². The first kappa shape index (κ1) is 15.3. The predicted molar refractivity (Wildman–Crippen MR) is 63.4 cm³/mol. The topological polar surface area (TPSA) is 125 Å². The molecule has 108 valence electrons. The average Bonchev–Trinajstić information content (AvgIpc) is 2.32. The Hall–Kier alpha value is -2.71. The van der Waals surface area contributed by atoms with E-state index in [1.807, 2.05) is 0 Å². The zero-order valence-corrected chi connectivity index (χ0v) is 10.3. The minimum Gasteiger partial charge on any atom is -0.449 e. The molecule has 1 rings (SSSR count). The summed E-state index contributed by atoms with van der Waals surface area (Å²) in [6.45, 7) is 1.16. The summed E-state index contributed by atoms with van der Waals surface area (Å²) in [5, 5.41) is 1.69. The molecule has 0 aliphatic heterocycles. The van der Waals surface area contributed by atoms with Gasteiger partial charge in [-0.1, -0.05) is 0 Å². The van der Waals surface area contributed by atoms with E-state index in [-0.39, 0.29) is 5.69 Å². The quantitative estimate of drug-likeness (QED) is 0.544. The second kappa shape index (κ2) is 5.95. The molecule has 7 nitrogen and oxygen atoms in total.